The van der Waals surface area contributed by atoms with Crippen LogP contribution in [0.15, 0.2) is 60.8 Å². The number of benzene rings is 2. The molecule has 0 amide bonds. The van der Waals surface area contributed by atoms with Gasteiger partial charge < -0.3 is 9.88 Å². The van der Waals surface area contributed by atoms with E-state index in [1.165, 1.54) is 0 Å². The van der Waals surface area contributed by atoms with E-state index in [0.29, 0.717) is 5.92 Å². The highest BCUT2D eigenvalue weighted by Crippen LogP contribution is 2.30. The predicted molar refractivity (Wildman–Crippen MR) is 101 cm³/mol. The Bertz CT molecular complexity index is 890. The molecule has 2 aromatic carbocycles. The van der Waals surface area contributed by atoms with Gasteiger partial charge in [-0.1, -0.05) is 30.3 Å². The zero-order valence-corrected chi connectivity index (χ0v) is 14.3. The number of aromatic nitrogens is 2. The molecule has 0 bridgehead atoms. The fraction of sp³-hybridized carbons (Fsp3) is 0.250. The highest BCUT2D eigenvalue weighted by molar-refractivity contribution is 5.58. The lowest BCUT2D eigenvalue weighted by Crippen LogP contribution is -2.34. The third-order valence-corrected chi connectivity index (χ3v) is 4.91. The monoisotopic (exact) mass is 348 g/mol. The topological polar surface area (TPSA) is 75.1 Å². The van der Waals surface area contributed by atoms with Crippen molar-refractivity contribution in [2.45, 2.75) is 18.8 Å². The first-order valence-corrected chi connectivity index (χ1v) is 8.80. The summed E-state index contributed by atoms with van der Waals surface area (Å²) in [5, 5.41) is 10.8. The lowest BCUT2D eigenvalue weighted by Gasteiger charge is -2.33. The number of piperidine rings is 1. The molecule has 132 valence electrons. The normalized spacial score (nSPS) is 17.2. The summed E-state index contributed by atoms with van der Waals surface area (Å²) in [7, 11) is 0. The summed E-state index contributed by atoms with van der Waals surface area (Å²) in [6.07, 6.45) is 4.06. The first kappa shape index (κ1) is 16.3. The smallest absolute Gasteiger partial charge is 0.269 e. The Balaban J connectivity index is 1.50. The molecule has 2 heterocycles. The Kier molecular flexibility index (Phi) is 4.39. The van der Waals surface area contributed by atoms with Gasteiger partial charge in [0, 0.05) is 36.8 Å². The van der Waals surface area contributed by atoms with E-state index in [1.54, 1.807) is 12.1 Å². The standard InChI is InChI=1S/C20H20N4O2/c25-24(26)18-10-8-17(9-11-18)23-12-4-7-16(14-23)20-21-13-19(22-20)15-5-2-1-3-6-15/h1-3,5-6,8-11,13,16H,4,7,12,14H2,(H,21,22). The third kappa shape index (κ3) is 3.31. The molecule has 0 saturated carbocycles. The van der Waals surface area contributed by atoms with Crippen molar-refractivity contribution in [1.82, 2.24) is 9.97 Å². The van der Waals surface area contributed by atoms with Gasteiger partial charge in [0.2, 0.25) is 0 Å². The van der Waals surface area contributed by atoms with Crippen LogP contribution in [-0.4, -0.2) is 28.0 Å². The minimum atomic E-state index is -0.364. The number of anilines is 1. The molecule has 1 atom stereocenters. The van der Waals surface area contributed by atoms with Crippen LogP contribution in [0.5, 0.6) is 0 Å². The van der Waals surface area contributed by atoms with Gasteiger partial charge in [0.15, 0.2) is 0 Å². The van der Waals surface area contributed by atoms with Crippen LogP contribution < -0.4 is 4.90 Å². The van der Waals surface area contributed by atoms with Gasteiger partial charge in [-0.15, -0.1) is 0 Å². The number of nitrogens with one attached hydrogen (secondary N) is 1. The van der Waals surface area contributed by atoms with Gasteiger partial charge in [-0.05, 0) is 30.5 Å². The van der Waals surface area contributed by atoms with Crippen LogP contribution in [0.25, 0.3) is 11.3 Å². The summed E-state index contributed by atoms with van der Waals surface area (Å²) in [5.41, 5.74) is 3.32. The summed E-state index contributed by atoms with van der Waals surface area (Å²) < 4.78 is 0. The average molecular weight is 348 g/mol. The Morgan fingerprint density at radius 2 is 1.88 bits per heavy atom. The van der Waals surface area contributed by atoms with Gasteiger partial charge in [0.05, 0.1) is 16.8 Å². The Morgan fingerprint density at radius 3 is 2.62 bits per heavy atom. The van der Waals surface area contributed by atoms with Crippen LogP contribution in [0.3, 0.4) is 0 Å². The first-order chi connectivity index (χ1) is 12.7. The number of H-pyrrole nitrogens is 1. The summed E-state index contributed by atoms with van der Waals surface area (Å²) in [6.45, 7) is 1.82. The fourth-order valence-electron chi connectivity index (χ4n) is 3.53. The molecule has 1 saturated heterocycles. The van der Waals surface area contributed by atoms with Crippen molar-refractivity contribution >= 4 is 11.4 Å². The summed E-state index contributed by atoms with van der Waals surface area (Å²) in [5.74, 6) is 1.34. The summed E-state index contributed by atoms with van der Waals surface area (Å²) in [6, 6.07) is 17.0. The number of imidazole rings is 1. The van der Waals surface area contributed by atoms with Gasteiger partial charge in [0.1, 0.15) is 5.82 Å². The number of hydrogen-bond donors (Lipinski definition) is 1. The first-order valence-electron chi connectivity index (χ1n) is 8.80. The van der Waals surface area contributed by atoms with Crippen molar-refractivity contribution in [2.75, 3.05) is 18.0 Å². The zero-order chi connectivity index (χ0) is 17.9. The predicted octanol–water partition coefficient (Wildman–Crippen LogP) is 4.37. The molecule has 1 N–H and O–H groups in total. The van der Waals surface area contributed by atoms with Crippen molar-refractivity contribution in [1.29, 1.82) is 0 Å². The molecule has 4 rings (SSSR count). The Labute approximate surface area is 151 Å². The SMILES string of the molecule is O=[N+]([O-])c1ccc(N2CCCC(c3ncc(-c4ccccc4)[nH]3)C2)cc1. The molecule has 3 aromatic rings. The second-order valence-corrected chi connectivity index (χ2v) is 6.61. The molecule has 0 aliphatic carbocycles. The van der Waals surface area contributed by atoms with E-state index in [-0.39, 0.29) is 10.6 Å². The van der Waals surface area contributed by atoms with Gasteiger partial charge in [-0.3, -0.25) is 10.1 Å². The van der Waals surface area contributed by atoms with Crippen LogP contribution in [0.2, 0.25) is 0 Å². The number of nitro groups is 1. The summed E-state index contributed by atoms with van der Waals surface area (Å²) in [4.78, 5) is 20.8. The van der Waals surface area contributed by atoms with Gasteiger partial charge >= 0.3 is 0 Å². The van der Waals surface area contributed by atoms with Crippen molar-refractivity contribution in [3.8, 4) is 11.3 Å². The van der Waals surface area contributed by atoms with Crippen molar-refractivity contribution in [3.05, 3.63) is 76.7 Å². The van der Waals surface area contributed by atoms with Crippen molar-refractivity contribution in [2.24, 2.45) is 0 Å². The van der Waals surface area contributed by atoms with Crippen LogP contribution in [0.1, 0.15) is 24.6 Å². The Hall–Kier alpha value is -3.15. The van der Waals surface area contributed by atoms with Gasteiger partial charge in [-0.25, -0.2) is 4.98 Å². The largest absolute Gasteiger partial charge is 0.371 e. The van der Waals surface area contributed by atoms with E-state index in [1.807, 2.05) is 36.5 Å². The second-order valence-electron chi connectivity index (χ2n) is 6.61. The number of nitrogens with zero attached hydrogens (tertiary/aromatic N) is 3. The van der Waals surface area contributed by atoms with Crippen molar-refractivity contribution < 1.29 is 4.92 Å². The maximum absolute atomic E-state index is 10.8. The van der Waals surface area contributed by atoms with E-state index < -0.39 is 0 Å². The van der Waals surface area contributed by atoms with E-state index in [0.717, 1.165) is 48.7 Å². The van der Waals surface area contributed by atoms with Crippen molar-refractivity contribution in [3.63, 3.8) is 0 Å². The average Bonchev–Trinajstić information content (AvgIpc) is 3.19. The minimum Gasteiger partial charge on any atom is -0.371 e. The molecule has 1 fully saturated rings. The van der Waals surface area contributed by atoms with Gasteiger partial charge in [0.25, 0.3) is 5.69 Å². The molecule has 0 spiro atoms. The molecule has 26 heavy (non-hydrogen) atoms. The number of aromatic amines is 1. The van der Waals surface area contributed by atoms with E-state index >= 15 is 0 Å². The quantitative estimate of drug-likeness (QED) is 0.561. The minimum absolute atomic E-state index is 0.126. The van der Waals surface area contributed by atoms with Crippen LogP contribution in [0.4, 0.5) is 11.4 Å². The molecular formula is C20H20N4O2. The highest BCUT2D eigenvalue weighted by Gasteiger charge is 2.24. The number of nitro benzene ring substituents is 1. The van der Waals surface area contributed by atoms with E-state index in [4.69, 9.17) is 0 Å². The van der Waals surface area contributed by atoms with Gasteiger partial charge in [-0.2, -0.15) is 0 Å². The molecule has 1 aliphatic heterocycles. The van der Waals surface area contributed by atoms with Crippen LogP contribution in [-0.2, 0) is 0 Å². The number of non-ortho nitro benzene ring substituents is 1. The molecule has 0 radical (unpaired) electrons. The van der Waals surface area contributed by atoms with E-state index in [2.05, 4.69) is 27.0 Å². The molecule has 1 aliphatic rings. The molecule has 1 unspecified atom stereocenters. The maximum atomic E-state index is 10.8. The molecule has 6 heteroatoms. The number of hydrogen-bond acceptors (Lipinski definition) is 4. The molecule has 6 nitrogen and oxygen atoms in total. The maximum Gasteiger partial charge on any atom is 0.269 e. The zero-order valence-electron chi connectivity index (χ0n) is 14.3. The summed E-state index contributed by atoms with van der Waals surface area (Å²) >= 11 is 0. The Morgan fingerprint density at radius 1 is 1.12 bits per heavy atom. The van der Waals surface area contributed by atoms with E-state index in [9.17, 15) is 10.1 Å². The second kappa shape index (κ2) is 7.00. The molecule has 1 aromatic heterocycles. The van der Waals surface area contributed by atoms with Crippen LogP contribution >= 0.6 is 0 Å². The number of rotatable bonds is 4. The fourth-order valence-corrected chi connectivity index (χ4v) is 3.53. The lowest BCUT2D eigenvalue weighted by atomic mass is 9.97. The lowest BCUT2D eigenvalue weighted by molar-refractivity contribution is -0.384. The highest BCUT2D eigenvalue weighted by atomic mass is 16.6. The third-order valence-electron chi connectivity index (χ3n) is 4.91. The molecular weight excluding hydrogens is 328 g/mol. The van der Waals surface area contributed by atoms with Crippen LogP contribution in [0, 0.1) is 10.1 Å².